The standard InChI is InChI=1S/C23H23N3O4/c1-13-6-5-7-15(12-13)18-17-19(24(3)23(28)25(4)22(17)27)20-21(29-11-10-26(18)20)16-9-8-14(2)30-16/h5-9,12,21H,10-11H2,1-4H3. The van der Waals surface area contributed by atoms with E-state index in [-0.39, 0.29) is 11.2 Å². The largest absolute Gasteiger partial charge is 0.463 e. The molecule has 0 N–H and O–H groups in total. The molecule has 154 valence electrons. The van der Waals surface area contributed by atoms with Crippen LogP contribution in [0.3, 0.4) is 0 Å². The molecule has 7 heteroatoms. The van der Waals surface area contributed by atoms with Crippen LogP contribution in [0, 0.1) is 13.8 Å². The number of furan rings is 1. The maximum absolute atomic E-state index is 13.3. The van der Waals surface area contributed by atoms with Crippen molar-refractivity contribution in [1.29, 1.82) is 0 Å². The molecule has 3 aromatic heterocycles. The topological polar surface area (TPSA) is 71.3 Å². The minimum absolute atomic E-state index is 0.305. The lowest BCUT2D eigenvalue weighted by atomic mass is 10.1. The number of rotatable bonds is 2. The van der Waals surface area contributed by atoms with E-state index in [9.17, 15) is 9.59 Å². The highest BCUT2D eigenvalue weighted by Crippen LogP contribution is 2.40. The number of aromatic nitrogens is 3. The third-order valence-electron chi connectivity index (χ3n) is 5.86. The molecule has 1 aliphatic heterocycles. The molecule has 0 radical (unpaired) electrons. The lowest BCUT2D eigenvalue weighted by Crippen LogP contribution is -2.37. The van der Waals surface area contributed by atoms with Gasteiger partial charge in [-0.1, -0.05) is 23.8 Å². The van der Waals surface area contributed by atoms with Crippen LogP contribution in [0.25, 0.3) is 22.2 Å². The molecule has 0 amide bonds. The number of hydrogen-bond acceptors (Lipinski definition) is 4. The smallest absolute Gasteiger partial charge is 0.331 e. The van der Waals surface area contributed by atoms with Gasteiger partial charge in [-0.05, 0) is 37.6 Å². The van der Waals surface area contributed by atoms with Crippen LogP contribution in [0.5, 0.6) is 0 Å². The van der Waals surface area contributed by atoms with E-state index in [0.717, 1.165) is 28.3 Å². The molecule has 4 heterocycles. The molecule has 30 heavy (non-hydrogen) atoms. The Morgan fingerprint density at radius 2 is 1.83 bits per heavy atom. The van der Waals surface area contributed by atoms with Crippen LogP contribution in [-0.2, 0) is 25.4 Å². The molecule has 0 fully saturated rings. The molecule has 1 aromatic carbocycles. The predicted octanol–water partition coefficient (Wildman–Crippen LogP) is 3.04. The summed E-state index contributed by atoms with van der Waals surface area (Å²) >= 11 is 0. The summed E-state index contributed by atoms with van der Waals surface area (Å²) in [6, 6.07) is 11.9. The van der Waals surface area contributed by atoms with Crippen LogP contribution in [-0.4, -0.2) is 20.3 Å². The third kappa shape index (κ3) is 2.55. The second-order valence-electron chi connectivity index (χ2n) is 7.88. The van der Waals surface area contributed by atoms with Crippen LogP contribution in [0.15, 0.2) is 50.4 Å². The minimum atomic E-state index is -0.494. The Bertz CT molecular complexity index is 1420. The lowest BCUT2D eigenvalue weighted by molar-refractivity contribution is 0.0342. The summed E-state index contributed by atoms with van der Waals surface area (Å²) in [6.45, 7) is 4.97. The van der Waals surface area contributed by atoms with Crippen molar-refractivity contribution in [3.05, 3.63) is 80.0 Å². The van der Waals surface area contributed by atoms with E-state index in [4.69, 9.17) is 9.15 Å². The zero-order valence-corrected chi connectivity index (χ0v) is 17.4. The van der Waals surface area contributed by atoms with E-state index in [1.54, 1.807) is 11.6 Å². The first kappa shape index (κ1) is 18.7. The molecular formula is C23H23N3O4. The summed E-state index contributed by atoms with van der Waals surface area (Å²) < 4.78 is 16.8. The van der Waals surface area contributed by atoms with Crippen LogP contribution < -0.4 is 11.2 Å². The zero-order chi connectivity index (χ0) is 21.2. The lowest BCUT2D eigenvalue weighted by Gasteiger charge is -2.26. The van der Waals surface area contributed by atoms with Gasteiger partial charge in [0.15, 0.2) is 6.10 Å². The van der Waals surface area contributed by atoms with Gasteiger partial charge in [-0.15, -0.1) is 0 Å². The Hall–Kier alpha value is -3.32. The van der Waals surface area contributed by atoms with Crippen molar-refractivity contribution in [2.24, 2.45) is 14.1 Å². The number of hydrogen-bond donors (Lipinski definition) is 0. The van der Waals surface area contributed by atoms with Crippen molar-refractivity contribution >= 4 is 10.9 Å². The Morgan fingerprint density at radius 1 is 1.03 bits per heavy atom. The maximum atomic E-state index is 13.3. The van der Waals surface area contributed by atoms with Gasteiger partial charge in [-0.2, -0.15) is 0 Å². The van der Waals surface area contributed by atoms with Crippen LogP contribution in [0.4, 0.5) is 0 Å². The number of fused-ring (bicyclic) bond motifs is 3. The van der Waals surface area contributed by atoms with Crippen LogP contribution in [0.2, 0.25) is 0 Å². The second-order valence-corrected chi connectivity index (χ2v) is 7.88. The third-order valence-corrected chi connectivity index (χ3v) is 5.86. The van der Waals surface area contributed by atoms with Crippen molar-refractivity contribution in [3.8, 4) is 11.3 Å². The maximum Gasteiger partial charge on any atom is 0.331 e. The summed E-state index contributed by atoms with van der Waals surface area (Å²) in [5, 5.41) is 0.527. The van der Waals surface area contributed by atoms with Gasteiger partial charge >= 0.3 is 5.69 Å². The highest BCUT2D eigenvalue weighted by Gasteiger charge is 2.34. The molecule has 0 spiro atoms. The molecule has 0 bridgehead atoms. The van der Waals surface area contributed by atoms with Crippen molar-refractivity contribution in [2.45, 2.75) is 26.5 Å². The van der Waals surface area contributed by atoms with Gasteiger partial charge in [0.05, 0.1) is 28.9 Å². The van der Waals surface area contributed by atoms with Gasteiger partial charge in [0.2, 0.25) is 0 Å². The second kappa shape index (κ2) is 6.60. The SMILES string of the molecule is Cc1cccc(-c2c3c(=O)n(C)c(=O)n(C)c3c3n2CCOC3c2ccc(C)o2)c1. The van der Waals surface area contributed by atoms with E-state index >= 15 is 0 Å². The summed E-state index contributed by atoms with van der Waals surface area (Å²) in [5.41, 5.74) is 3.56. The van der Waals surface area contributed by atoms with E-state index in [1.807, 2.05) is 44.2 Å². The van der Waals surface area contributed by atoms with Crippen molar-refractivity contribution in [2.75, 3.05) is 6.61 Å². The molecule has 1 atom stereocenters. The first-order chi connectivity index (χ1) is 14.4. The van der Waals surface area contributed by atoms with Crippen LogP contribution >= 0.6 is 0 Å². The van der Waals surface area contributed by atoms with Crippen molar-refractivity contribution in [3.63, 3.8) is 0 Å². The molecule has 0 aliphatic carbocycles. The number of ether oxygens (including phenoxy) is 1. The Balaban J connectivity index is 1.97. The Kier molecular flexibility index (Phi) is 4.11. The fourth-order valence-corrected chi connectivity index (χ4v) is 4.48. The highest BCUT2D eigenvalue weighted by atomic mass is 16.5. The van der Waals surface area contributed by atoms with E-state index in [2.05, 4.69) is 10.6 Å². The first-order valence-corrected chi connectivity index (χ1v) is 9.95. The summed E-state index contributed by atoms with van der Waals surface area (Å²) in [7, 11) is 3.22. The van der Waals surface area contributed by atoms with Crippen molar-refractivity contribution < 1.29 is 9.15 Å². The van der Waals surface area contributed by atoms with Gasteiger partial charge in [-0.25, -0.2) is 4.79 Å². The Morgan fingerprint density at radius 3 is 2.53 bits per heavy atom. The number of aryl methyl sites for hydroxylation is 3. The quantitative estimate of drug-likeness (QED) is 0.514. The molecule has 0 saturated carbocycles. The molecular weight excluding hydrogens is 382 g/mol. The van der Waals surface area contributed by atoms with Gasteiger partial charge in [0.25, 0.3) is 5.56 Å². The van der Waals surface area contributed by atoms with Crippen LogP contribution in [0.1, 0.15) is 28.9 Å². The van der Waals surface area contributed by atoms with Gasteiger partial charge in [-0.3, -0.25) is 13.9 Å². The average Bonchev–Trinajstić information content (AvgIpc) is 3.32. The monoisotopic (exact) mass is 405 g/mol. The fraction of sp³-hybridized carbons (Fsp3) is 0.304. The predicted molar refractivity (Wildman–Crippen MR) is 114 cm³/mol. The highest BCUT2D eigenvalue weighted by molar-refractivity contribution is 5.96. The van der Waals surface area contributed by atoms with Gasteiger partial charge in [0.1, 0.15) is 11.5 Å². The summed E-state index contributed by atoms with van der Waals surface area (Å²) in [5.74, 6) is 1.45. The molecule has 5 rings (SSSR count). The molecule has 1 unspecified atom stereocenters. The van der Waals surface area contributed by atoms with Crippen molar-refractivity contribution in [1.82, 2.24) is 13.7 Å². The summed E-state index contributed by atoms with van der Waals surface area (Å²) in [6.07, 6.45) is -0.494. The van der Waals surface area contributed by atoms with E-state index < -0.39 is 6.10 Å². The average molecular weight is 405 g/mol. The molecule has 1 aliphatic rings. The normalized spacial score (nSPS) is 16.2. The summed E-state index contributed by atoms with van der Waals surface area (Å²) in [4.78, 5) is 26.1. The van der Waals surface area contributed by atoms with Gasteiger partial charge in [0, 0.05) is 20.6 Å². The van der Waals surface area contributed by atoms with E-state index in [0.29, 0.717) is 29.8 Å². The number of benzene rings is 1. The fourth-order valence-electron chi connectivity index (χ4n) is 4.48. The zero-order valence-electron chi connectivity index (χ0n) is 17.4. The Labute approximate surface area is 172 Å². The van der Waals surface area contributed by atoms with Gasteiger partial charge < -0.3 is 13.7 Å². The number of nitrogens with zero attached hydrogens (tertiary/aromatic N) is 3. The molecule has 0 saturated heterocycles. The first-order valence-electron chi connectivity index (χ1n) is 9.95. The van der Waals surface area contributed by atoms with E-state index in [1.165, 1.54) is 11.6 Å². The molecule has 7 nitrogen and oxygen atoms in total. The molecule has 4 aromatic rings. The minimum Gasteiger partial charge on any atom is -0.463 e.